The molecule has 2 N–H and O–H groups in total. The van der Waals surface area contributed by atoms with Gasteiger partial charge in [0.05, 0.1) is 12.2 Å². The van der Waals surface area contributed by atoms with E-state index in [0.29, 0.717) is 6.42 Å². The zero-order chi connectivity index (χ0) is 13.8. The average molecular weight is 259 g/mol. The first-order chi connectivity index (χ1) is 8.33. The zero-order valence-corrected chi connectivity index (χ0v) is 11.0. The molecule has 1 saturated heterocycles. The minimum absolute atomic E-state index is 0.0980. The van der Waals surface area contributed by atoms with E-state index >= 15 is 0 Å². The van der Waals surface area contributed by atoms with E-state index in [9.17, 15) is 14.7 Å². The third kappa shape index (κ3) is 4.72. The van der Waals surface area contributed by atoms with E-state index in [-0.39, 0.29) is 25.0 Å². The number of nitrogens with one attached hydrogen (secondary N) is 1. The van der Waals surface area contributed by atoms with Crippen LogP contribution in [0, 0.1) is 0 Å². The highest BCUT2D eigenvalue weighted by molar-refractivity contribution is 5.82. The Labute approximate surface area is 107 Å². The molecule has 6 nitrogen and oxygen atoms in total. The molecule has 6 heteroatoms. The number of hydrogen-bond donors (Lipinski definition) is 2. The molecule has 0 unspecified atom stereocenters. The van der Waals surface area contributed by atoms with Gasteiger partial charge in [-0.25, -0.2) is 0 Å². The molecule has 3 atom stereocenters. The zero-order valence-electron chi connectivity index (χ0n) is 11.0. The minimum atomic E-state index is -1.31. The van der Waals surface area contributed by atoms with Crippen molar-refractivity contribution in [2.75, 3.05) is 6.54 Å². The van der Waals surface area contributed by atoms with Crippen LogP contribution in [0.4, 0.5) is 0 Å². The van der Waals surface area contributed by atoms with Gasteiger partial charge >= 0.3 is 0 Å². The van der Waals surface area contributed by atoms with Crippen molar-refractivity contribution in [3.8, 4) is 0 Å². The van der Waals surface area contributed by atoms with Crippen LogP contribution in [0.2, 0.25) is 0 Å². The van der Waals surface area contributed by atoms with E-state index in [4.69, 9.17) is 9.47 Å². The molecular weight excluding hydrogens is 238 g/mol. The highest BCUT2D eigenvalue weighted by Gasteiger charge is 2.41. The third-order valence-corrected chi connectivity index (χ3v) is 2.54. The van der Waals surface area contributed by atoms with Crippen molar-refractivity contribution in [2.24, 2.45) is 0 Å². The lowest BCUT2D eigenvalue weighted by atomic mass is 10.1. The summed E-state index contributed by atoms with van der Waals surface area (Å²) in [4.78, 5) is 22.0. The molecule has 0 aliphatic carbocycles. The molecule has 1 rings (SSSR count). The van der Waals surface area contributed by atoms with Crippen LogP contribution in [0.3, 0.4) is 0 Å². The van der Waals surface area contributed by atoms with E-state index in [1.54, 1.807) is 0 Å². The smallest absolute Gasteiger partial charge is 0.251 e. The van der Waals surface area contributed by atoms with E-state index in [1.165, 1.54) is 13.8 Å². The predicted octanol–water partition coefficient (Wildman–Crippen LogP) is -0.0174. The number of carbonyl (C=O) groups is 2. The van der Waals surface area contributed by atoms with Gasteiger partial charge < -0.3 is 24.7 Å². The molecule has 1 heterocycles. The largest absolute Gasteiger partial charge is 0.366 e. The summed E-state index contributed by atoms with van der Waals surface area (Å²) in [7, 11) is 0. The summed E-state index contributed by atoms with van der Waals surface area (Å²) in [5.41, 5.74) is 0. The van der Waals surface area contributed by atoms with Crippen molar-refractivity contribution in [3.63, 3.8) is 0 Å². The van der Waals surface area contributed by atoms with Crippen LogP contribution < -0.4 is 5.32 Å². The molecule has 1 fully saturated rings. The highest BCUT2D eigenvalue weighted by Crippen LogP contribution is 2.26. The van der Waals surface area contributed by atoms with Crippen LogP contribution in [-0.2, 0) is 19.1 Å². The Hall–Kier alpha value is -0.980. The van der Waals surface area contributed by atoms with Gasteiger partial charge in [-0.2, -0.15) is 0 Å². The number of amides is 1. The average Bonchev–Trinajstić information content (AvgIpc) is 2.57. The number of aliphatic hydroxyl groups is 1. The quantitative estimate of drug-likeness (QED) is 0.398. The summed E-state index contributed by atoms with van der Waals surface area (Å²) in [6.07, 6.45) is 0.248. The molecule has 1 aliphatic rings. The van der Waals surface area contributed by atoms with Crippen molar-refractivity contribution < 1.29 is 24.2 Å². The maximum absolute atomic E-state index is 11.8. The maximum atomic E-state index is 11.8. The first-order valence-electron chi connectivity index (χ1n) is 6.10. The lowest BCUT2D eigenvalue weighted by molar-refractivity contribution is -0.213. The second kappa shape index (κ2) is 6.26. The topological polar surface area (TPSA) is 84.9 Å². The number of aldehydes is 1. The Morgan fingerprint density at radius 2 is 2.28 bits per heavy atom. The fraction of sp³-hybridized carbons (Fsp3) is 0.833. The third-order valence-electron chi connectivity index (χ3n) is 2.54. The lowest BCUT2D eigenvalue weighted by Crippen LogP contribution is -2.44. The van der Waals surface area contributed by atoms with Crippen LogP contribution in [0.1, 0.15) is 33.6 Å². The van der Waals surface area contributed by atoms with Crippen molar-refractivity contribution in [1.29, 1.82) is 0 Å². The van der Waals surface area contributed by atoms with Gasteiger partial charge in [0.15, 0.2) is 11.9 Å². The summed E-state index contributed by atoms with van der Waals surface area (Å²) >= 11 is 0. The first-order valence-corrected chi connectivity index (χ1v) is 6.10. The van der Waals surface area contributed by atoms with Crippen LogP contribution in [0.5, 0.6) is 0 Å². The van der Waals surface area contributed by atoms with Crippen LogP contribution in [0.15, 0.2) is 0 Å². The van der Waals surface area contributed by atoms with Crippen molar-refractivity contribution in [1.82, 2.24) is 5.32 Å². The normalized spacial score (nSPS) is 28.1. The minimum Gasteiger partial charge on any atom is -0.366 e. The van der Waals surface area contributed by atoms with Crippen LogP contribution in [-0.4, -0.2) is 47.9 Å². The van der Waals surface area contributed by atoms with Gasteiger partial charge in [0.25, 0.3) is 5.91 Å². The van der Waals surface area contributed by atoms with Gasteiger partial charge in [-0.1, -0.05) is 0 Å². The van der Waals surface area contributed by atoms with Crippen LogP contribution >= 0.6 is 0 Å². The molecule has 0 aromatic heterocycles. The Morgan fingerprint density at radius 3 is 2.83 bits per heavy atom. The van der Waals surface area contributed by atoms with Gasteiger partial charge in [0.2, 0.25) is 0 Å². The molecule has 1 aliphatic heterocycles. The van der Waals surface area contributed by atoms with Gasteiger partial charge in [-0.05, 0) is 20.8 Å². The molecule has 0 radical (unpaired) electrons. The molecule has 18 heavy (non-hydrogen) atoms. The molecule has 0 spiro atoms. The second-order valence-electron chi connectivity index (χ2n) is 4.95. The van der Waals surface area contributed by atoms with E-state index < -0.39 is 18.0 Å². The first kappa shape index (κ1) is 15.1. The molecule has 0 bridgehead atoms. The molecule has 1 amide bonds. The Morgan fingerprint density at radius 1 is 1.61 bits per heavy atom. The van der Waals surface area contributed by atoms with Gasteiger partial charge in [-0.3, -0.25) is 4.79 Å². The number of rotatable bonds is 6. The molecule has 0 aromatic rings. The van der Waals surface area contributed by atoms with Gasteiger partial charge in [-0.15, -0.1) is 0 Å². The Kier molecular flexibility index (Phi) is 5.25. The summed E-state index contributed by atoms with van der Waals surface area (Å²) in [6.45, 7) is 5.15. The summed E-state index contributed by atoms with van der Waals surface area (Å²) in [5.74, 6) is -1.62. The number of carbonyl (C=O) groups excluding carboxylic acids is 2. The summed E-state index contributed by atoms with van der Waals surface area (Å²) in [5, 5.41) is 12.2. The Balaban J connectivity index is 2.55. The standard InChI is InChI=1S/C12H21NO5/c1-8-7-9(18-12(2,3)16)10(17-8)11(15)13-5-4-6-14/h6,8-10,16H,4-5,7H2,1-3H3,(H,13,15)/t8-,9-,10-/m1/s1. The fourth-order valence-corrected chi connectivity index (χ4v) is 1.91. The number of hydrogen-bond acceptors (Lipinski definition) is 5. The van der Waals surface area contributed by atoms with E-state index in [0.717, 1.165) is 6.29 Å². The maximum Gasteiger partial charge on any atom is 0.251 e. The van der Waals surface area contributed by atoms with Crippen LogP contribution in [0.25, 0.3) is 0 Å². The van der Waals surface area contributed by atoms with Crippen molar-refractivity contribution in [2.45, 2.75) is 57.7 Å². The van der Waals surface area contributed by atoms with Gasteiger partial charge in [0, 0.05) is 19.4 Å². The lowest BCUT2D eigenvalue weighted by Gasteiger charge is -2.26. The number of ether oxygens (including phenoxy) is 2. The predicted molar refractivity (Wildman–Crippen MR) is 63.8 cm³/mol. The fourth-order valence-electron chi connectivity index (χ4n) is 1.91. The molecule has 0 saturated carbocycles. The highest BCUT2D eigenvalue weighted by atomic mass is 16.6. The SMILES string of the molecule is C[C@@H]1C[C@@H](OC(C)(C)O)[C@H](C(=O)NCCC=O)O1. The van der Waals surface area contributed by atoms with Crippen molar-refractivity contribution >= 4 is 12.2 Å². The van der Waals surface area contributed by atoms with Gasteiger partial charge in [0.1, 0.15) is 6.29 Å². The molecule has 0 aromatic carbocycles. The second-order valence-corrected chi connectivity index (χ2v) is 4.95. The summed E-state index contributed by atoms with van der Waals surface area (Å²) in [6, 6.07) is 0. The molecular formula is C12H21NO5. The van der Waals surface area contributed by atoms with Crippen molar-refractivity contribution in [3.05, 3.63) is 0 Å². The monoisotopic (exact) mass is 259 g/mol. The Bertz CT molecular complexity index is 299. The van der Waals surface area contributed by atoms with E-state index in [1.807, 2.05) is 6.92 Å². The van der Waals surface area contributed by atoms with E-state index in [2.05, 4.69) is 5.32 Å². The summed E-state index contributed by atoms with van der Waals surface area (Å²) < 4.78 is 10.9. The molecule has 104 valence electrons.